The first-order valence-corrected chi connectivity index (χ1v) is 27.0. The number of hydrogen-bond acceptors (Lipinski definition) is 5. The predicted octanol–water partition coefficient (Wildman–Crippen LogP) is 16.3. The SMILES string of the molecule is CC1(C)c2ccccc2-c2ccc(N3CN(c4cccc(Oc5ccc6c7ccccc7n(-c7cc(C8(C9=CC=CN%10B9C=Cc9ccccc9%10)C9CC%10CC(C9)CC8C%10)ccn7)c6c5)c4)c4ccccc43)cc21. The van der Waals surface area contributed by atoms with Gasteiger partial charge in [-0.1, -0.05) is 122 Å². The second-order valence-corrected chi connectivity index (χ2v) is 22.8. The smallest absolute Gasteiger partial charge is 0.316 e. The molecule has 8 aliphatic rings. The predicted molar refractivity (Wildman–Crippen MR) is 304 cm³/mol. The van der Waals surface area contributed by atoms with Crippen molar-refractivity contribution in [2.75, 3.05) is 21.3 Å². The summed E-state index contributed by atoms with van der Waals surface area (Å²) >= 11 is 0. The lowest BCUT2D eigenvalue weighted by Gasteiger charge is -2.63. The summed E-state index contributed by atoms with van der Waals surface area (Å²) in [6, 6.07) is 62.5. The van der Waals surface area contributed by atoms with Gasteiger partial charge in [0, 0.05) is 57.0 Å². The minimum Gasteiger partial charge on any atom is -0.457 e. The molecular weight excluding hydrogens is 902 g/mol. The molecule has 17 rings (SSSR count). The van der Waals surface area contributed by atoms with E-state index >= 15 is 0 Å². The molecule has 4 fully saturated rings. The van der Waals surface area contributed by atoms with Crippen LogP contribution in [0.2, 0.25) is 0 Å². The van der Waals surface area contributed by atoms with Crippen molar-refractivity contribution in [3.8, 4) is 28.4 Å². The Morgan fingerprint density at radius 1 is 0.581 bits per heavy atom. The molecule has 6 nitrogen and oxygen atoms in total. The van der Waals surface area contributed by atoms with Crippen LogP contribution in [0.4, 0.5) is 28.4 Å². The van der Waals surface area contributed by atoms with Gasteiger partial charge in [0.25, 0.3) is 0 Å². The molecule has 9 aromatic rings. The second-order valence-electron chi connectivity index (χ2n) is 22.8. The Hall–Kier alpha value is -8.03. The van der Waals surface area contributed by atoms with E-state index in [-0.39, 0.29) is 17.7 Å². The lowest BCUT2D eigenvalue weighted by Crippen LogP contribution is -2.60. The summed E-state index contributed by atoms with van der Waals surface area (Å²) in [6.45, 7) is 5.57. The third-order valence-corrected chi connectivity index (χ3v) is 18.8. The number of anilines is 5. The number of benzene rings is 7. The number of para-hydroxylation sites is 4. The summed E-state index contributed by atoms with van der Waals surface area (Å²) in [5.74, 6) is 7.89. The van der Waals surface area contributed by atoms with Gasteiger partial charge in [0.1, 0.15) is 24.0 Å². The topological polar surface area (TPSA) is 36.8 Å². The van der Waals surface area contributed by atoms with E-state index in [9.17, 15) is 0 Å². The molecule has 7 aromatic carbocycles. The molecule has 4 saturated carbocycles. The number of aromatic nitrogens is 2. The largest absolute Gasteiger partial charge is 0.457 e. The van der Waals surface area contributed by atoms with Crippen molar-refractivity contribution >= 4 is 63.2 Å². The highest BCUT2D eigenvalue weighted by atomic mass is 16.5. The summed E-state index contributed by atoms with van der Waals surface area (Å²) in [4.78, 5) is 12.7. The Kier molecular flexibility index (Phi) is 9.04. The summed E-state index contributed by atoms with van der Waals surface area (Å²) in [7, 11) is 0. The monoisotopic (exact) mass is 957 g/mol. The fourth-order valence-corrected chi connectivity index (χ4v) is 15.9. The van der Waals surface area contributed by atoms with E-state index in [0.29, 0.717) is 18.5 Å². The van der Waals surface area contributed by atoms with Gasteiger partial charge in [0.15, 0.2) is 0 Å². The fraction of sp³-hybridized carbons (Fsp3) is 0.209. The van der Waals surface area contributed by atoms with Gasteiger partial charge in [-0.15, -0.1) is 0 Å². The molecule has 0 atom stereocenters. The molecule has 0 spiro atoms. The fourth-order valence-electron chi connectivity index (χ4n) is 15.9. The number of ether oxygens (including phenoxy) is 1. The molecule has 7 heteroatoms. The highest BCUT2D eigenvalue weighted by Crippen LogP contribution is 2.66. The van der Waals surface area contributed by atoms with E-state index in [1.54, 1.807) is 5.47 Å². The summed E-state index contributed by atoms with van der Waals surface area (Å²) in [5.41, 5.74) is 17.7. The van der Waals surface area contributed by atoms with Crippen molar-refractivity contribution in [1.29, 1.82) is 0 Å². The van der Waals surface area contributed by atoms with Crippen molar-refractivity contribution in [1.82, 2.24) is 9.55 Å². The van der Waals surface area contributed by atoms with E-state index in [4.69, 9.17) is 9.72 Å². The first-order valence-electron chi connectivity index (χ1n) is 27.0. The van der Waals surface area contributed by atoms with Crippen molar-refractivity contribution in [2.45, 2.75) is 56.8 Å². The lowest BCUT2D eigenvalue weighted by molar-refractivity contribution is -0.0408. The maximum Gasteiger partial charge on any atom is 0.316 e. The summed E-state index contributed by atoms with van der Waals surface area (Å²) < 4.78 is 9.33. The zero-order valence-corrected chi connectivity index (χ0v) is 41.9. The van der Waals surface area contributed by atoms with E-state index in [1.807, 2.05) is 0 Å². The van der Waals surface area contributed by atoms with Gasteiger partial charge in [-0.25, -0.2) is 4.98 Å². The van der Waals surface area contributed by atoms with Crippen LogP contribution in [0, 0.1) is 23.7 Å². The van der Waals surface area contributed by atoms with Crippen LogP contribution >= 0.6 is 0 Å². The average molecular weight is 958 g/mol. The molecule has 3 aliphatic heterocycles. The molecule has 5 aliphatic carbocycles. The van der Waals surface area contributed by atoms with Crippen LogP contribution in [0.25, 0.3) is 44.8 Å². The summed E-state index contributed by atoms with van der Waals surface area (Å²) in [5, 5.41) is 2.40. The quantitative estimate of drug-likeness (QED) is 0.149. The maximum atomic E-state index is 6.93. The van der Waals surface area contributed by atoms with E-state index in [2.05, 4.69) is 239 Å². The van der Waals surface area contributed by atoms with E-state index in [1.165, 1.54) is 99.0 Å². The first-order chi connectivity index (χ1) is 36.4. The minimum absolute atomic E-state index is 0.0733. The van der Waals surface area contributed by atoms with Crippen LogP contribution < -0.4 is 19.3 Å². The molecule has 0 amide bonds. The normalized spacial score (nSPS) is 23.2. The van der Waals surface area contributed by atoms with E-state index < -0.39 is 0 Å². The molecule has 0 N–H and O–H groups in total. The number of pyridine rings is 1. The van der Waals surface area contributed by atoms with Crippen LogP contribution in [0.3, 0.4) is 0 Å². The van der Waals surface area contributed by atoms with Crippen LogP contribution in [-0.2, 0) is 10.8 Å². The Balaban J connectivity index is 0.755. The number of hydrogen-bond donors (Lipinski definition) is 0. The third kappa shape index (κ3) is 6.04. The number of fused-ring (bicyclic) bond motifs is 10. The standard InChI is InChI=1S/C67H56BN5O/c1-66(2)57-18-6-4-16-53(57)54-26-24-50(40-58(54)66)71-42-70(61-21-9-10-22-62(61)71)49-14-11-15-51(39-49)74-52-25-27-56-55-17-5-8-20-60(55)73(63(56)41-52)65-38-46(29-31-69-65)67(47-34-43-33-44(36-47)37-48(67)35-43)64-23-12-32-72-59-19-7-3-13-45(59)28-30-68(64)72/h3-32,38-41,43-44,47-48H,33-37,42H2,1-2H3. The Labute approximate surface area is 433 Å². The molecule has 358 valence electrons. The summed E-state index contributed by atoms with van der Waals surface area (Å²) in [6.07, 6.45) is 18.3. The Bertz CT molecular complexity index is 3890. The van der Waals surface area contributed by atoms with Gasteiger partial charge in [-0.05, 0) is 174 Å². The maximum absolute atomic E-state index is 6.93. The van der Waals surface area contributed by atoms with Gasteiger partial charge in [0.2, 0.25) is 0 Å². The van der Waals surface area contributed by atoms with Gasteiger partial charge < -0.3 is 19.3 Å². The third-order valence-electron chi connectivity index (χ3n) is 18.8. The van der Waals surface area contributed by atoms with Gasteiger partial charge in [-0.3, -0.25) is 4.57 Å². The second kappa shape index (κ2) is 15.7. The van der Waals surface area contributed by atoms with Crippen molar-refractivity contribution < 1.29 is 4.74 Å². The molecule has 74 heavy (non-hydrogen) atoms. The van der Waals surface area contributed by atoms with Crippen LogP contribution in [0.5, 0.6) is 11.5 Å². The minimum atomic E-state index is -0.0923. The van der Waals surface area contributed by atoms with Crippen molar-refractivity contribution in [2.24, 2.45) is 23.7 Å². The van der Waals surface area contributed by atoms with Crippen molar-refractivity contribution in [3.63, 3.8) is 0 Å². The van der Waals surface area contributed by atoms with Gasteiger partial charge in [0.05, 0.1) is 22.4 Å². The molecule has 0 saturated heterocycles. The number of rotatable bonds is 7. The van der Waals surface area contributed by atoms with E-state index in [0.717, 1.165) is 45.9 Å². The highest BCUT2D eigenvalue weighted by Gasteiger charge is 2.61. The molecule has 0 radical (unpaired) electrons. The Morgan fingerprint density at radius 2 is 1.28 bits per heavy atom. The zero-order valence-electron chi connectivity index (χ0n) is 41.9. The molecule has 4 bridgehead atoms. The lowest BCUT2D eigenvalue weighted by atomic mass is 9.33. The zero-order chi connectivity index (χ0) is 48.9. The average Bonchev–Trinajstić information content (AvgIpc) is 4.07. The van der Waals surface area contributed by atoms with Crippen LogP contribution in [0.1, 0.15) is 68.2 Å². The highest BCUT2D eigenvalue weighted by molar-refractivity contribution is 6.77. The molecule has 5 heterocycles. The van der Waals surface area contributed by atoms with Crippen LogP contribution in [0.15, 0.2) is 206 Å². The molecular formula is C67H56BN5O. The van der Waals surface area contributed by atoms with Gasteiger partial charge >= 0.3 is 6.85 Å². The van der Waals surface area contributed by atoms with Gasteiger partial charge in [-0.2, -0.15) is 0 Å². The molecule has 0 unspecified atom stereocenters. The Morgan fingerprint density at radius 3 is 2.12 bits per heavy atom. The number of nitrogens with zero attached hydrogens (tertiary/aromatic N) is 5. The molecule has 2 aromatic heterocycles. The van der Waals surface area contributed by atoms with Crippen LogP contribution in [-0.4, -0.2) is 23.1 Å². The first kappa shape index (κ1) is 42.5. The van der Waals surface area contributed by atoms with Crippen molar-refractivity contribution in [3.05, 3.63) is 228 Å². The number of allylic oxidation sites excluding steroid dienone is 3.